The van der Waals surface area contributed by atoms with Crippen LogP contribution in [0.5, 0.6) is 0 Å². The van der Waals surface area contributed by atoms with Crippen molar-refractivity contribution in [1.29, 1.82) is 0 Å². The lowest BCUT2D eigenvalue weighted by Gasteiger charge is -2.39. The van der Waals surface area contributed by atoms with Gasteiger partial charge in [0.15, 0.2) is 0 Å². The maximum absolute atomic E-state index is 12.6. The number of amides is 1. The van der Waals surface area contributed by atoms with Crippen molar-refractivity contribution in [2.45, 2.75) is 59.3 Å². The van der Waals surface area contributed by atoms with E-state index in [0.29, 0.717) is 17.2 Å². The van der Waals surface area contributed by atoms with Gasteiger partial charge in [-0.2, -0.15) is 0 Å². The number of carbonyl (C=O) groups excluding carboxylic acids is 1. The van der Waals surface area contributed by atoms with Gasteiger partial charge in [-0.15, -0.1) is 0 Å². The second-order valence-electron chi connectivity index (χ2n) is 7.84. The van der Waals surface area contributed by atoms with E-state index in [9.17, 15) is 4.79 Å². The lowest BCUT2D eigenvalue weighted by Crippen LogP contribution is -2.43. The van der Waals surface area contributed by atoms with Gasteiger partial charge in [-0.1, -0.05) is 36.7 Å². The third kappa shape index (κ3) is 3.99. The molecule has 1 amide bonds. The second kappa shape index (κ2) is 6.81. The molecule has 1 aliphatic carbocycles. The summed E-state index contributed by atoms with van der Waals surface area (Å²) in [5, 5.41) is 1.09. The Bertz CT molecular complexity index is 320. The summed E-state index contributed by atoms with van der Waals surface area (Å²) in [6.45, 7) is 8.98. The molecule has 0 radical (unpaired) electrons. The fraction of sp³-hybridized carbons (Fsp3) is 0.941. The maximum atomic E-state index is 12.6. The molecule has 0 N–H and O–H groups in total. The van der Waals surface area contributed by atoms with Gasteiger partial charge >= 0.3 is 0 Å². The van der Waals surface area contributed by atoms with Crippen LogP contribution in [-0.4, -0.2) is 29.2 Å². The molecule has 0 aromatic carbocycles. The lowest BCUT2D eigenvalue weighted by atomic mass is 9.69. The highest BCUT2D eigenvalue weighted by atomic mass is 79.9. The van der Waals surface area contributed by atoms with Crippen molar-refractivity contribution < 1.29 is 4.79 Å². The molecular formula is C17H30BrNO. The van der Waals surface area contributed by atoms with E-state index in [1.54, 1.807) is 0 Å². The van der Waals surface area contributed by atoms with Gasteiger partial charge in [0.1, 0.15) is 0 Å². The summed E-state index contributed by atoms with van der Waals surface area (Å²) in [6, 6.07) is 0. The monoisotopic (exact) mass is 343 g/mol. The number of likely N-dealkylation sites (tertiary alicyclic amines) is 1. The van der Waals surface area contributed by atoms with Crippen molar-refractivity contribution in [3.05, 3.63) is 0 Å². The van der Waals surface area contributed by atoms with Crippen LogP contribution in [0.1, 0.15) is 59.3 Å². The fourth-order valence-electron chi connectivity index (χ4n) is 3.77. The topological polar surface area (TPSA) is 20.3 Å². The van der Waals surface area contributed by atoms with Gasteiger partial charge in [0.05, 0.1) is 0 Å². The van der Waals surface area contributed by atoms with E-state index >= 15 is 0 Å². The standard InChI is InChI=1S/C17H30BrNO/c1-17(2,3)15-6-4-14(5-7-15)16(20)19-10-8-13(12-18)9-11-19/h13-15H,4-12H2,1-3H3. The molecule has 0 aromatic rings. The van der Waals surface area contributed by atoms with Crippen molar-refractivity contribution in [2.75, 3.05) is 18.4 Å². The number of piperidine rings is 1. The zero-order valence-corrected chi connectivity index (χ0v) is 14.9. The highest BCUT2D eigenvalue weighted by Crippen LogP contribution is 2.40. The summed E-state index contributed by atoms with van der Waals surface area (Å²) in [6.07, 6.45) is 7.04. The van der Waals surface area contributed by atoms with Gasteiger partial charge in [-0.25, -0.2) is 0 Å². The van der Waals surface area contributed by atoms with Crippen molar-refractivity contribution in [3.63, 3.8) is 0 Å². The molecular weight excluding hydrogens is 314 g/mol. The van der Waals surface area contributed by atoms with E-state index < -0.39 is 0 Å². The number of hydrogen-bond acceptors (Lipinski definition) is 1. The van der Waals surface area contributed by atoms with E-state index in [1.807, 2.05) is 0 Å². The third-order valence-corrected chi connectivity index (χ3v) is 6.36. The summed E-state index contributed by atoms with van der Waals surface area (Å²) < 4.78 is 0. The number of nitrogens with zero attached hydrogens (tertiary/aromatic N) is 1. The van der Waals surface area contributed by atoms with E-state index in [-0.39, 0.29) is 0 Å². The summed E-state index contributed by atoms with van der Waals surface area (Å²) >= 11 is 3.57. The van der Waals surface area contributed by atoms with Gasteiger partial charge in [-0.05, 0) is 55.8 Å². The van der Waals surface area contributed by atoms with Crippen LogP contribution >= 0.6 is 15.9 Å². The molecule has 0 spiro atoms. The molecule has 1 aliphatic heterocycles. The fourth-order valence-corrected chi connectivity index (χ4v) is 4.42. The molecule has 0 aromatic heterocycles. The van der Waals surface area contributed by atoms with Crippen LogP contribution < -0.4 is 0 Å². The Morgan fingerprint density at radius 3 is 2.05 bits per heavy atom. The van der Waals surface area contributed by atoms with Gasteiger partial charge in [0.25, 0.3) is 0 Å². The molecule has 2 nitrogen and oxygen atoms in total. The highest BCUT2D eigenvalue weighted by Gasteiger charge is 2.34. The normalized spacial score (nSPS) is 29.5. The summed E-state index contributed by atoms with van der Waals surface area (Å²) in [5.41, 5.74) is 0.405. The molecule has 1 saturated carbocycles. The largest absolute Gasteiger partial charge is 0.342 e. The zero-order valence-electron chi connectivity index (χ0n) is 13.3. The van der Waals surface area contributed by atoms with Crippen LogP contribution in [0.15, 0.2) is 0 Å². The average molecular weight is 344 g/mol. The molecule has 0 atom stereocenters. The van der Waals surface area contributed by atoms with Crippen molar-refractivity contribution >= 4 is 21.8 Å². The van der Waals surface area contributed by atoms with Gasteiger partial charge < -0.3 is 4.90 Å². The minimum Gasteiger partial charge on any atom is -0.342 e. The summed E-state index contributed by atoms with van der Waals surface area (Å²) in [5.74, 6) is 2.33. The Morgan fingerprint density at radius 1 is 1.05 bits per heavy atom. The van der Waals surface area contributed by atoms with Crippen molar-refractivity contribution in [1.82, 2.24) is 4.90 Å². The first-order chi connectivity index (χ1) is 9.41. The highest BCUT2D eigenvalue weighted by molar-refractivity contribution is 9.09. The first kappa shape index (κ1) is 16.3. The molecule has 20 heavy (non-hydrogen) atoms. The molecule has 1 saturated heterocycles. The summed E-state index contributed by atoms with van der Waals surface area (Å²) in [4.78, 5) is 14.8. The molecule has 1 heterocycles. The van der Waals surface area contributed by atoms with E-state index in [1.165, 1.54) is 25.7 Å². The van der Waals surface area contributed by atoms with Crippen LogP contribution in [0.25, 0.3) is 0 Å². The van der Waals surface area contributed by atoms with E-state index in [4.69, 9.17) is 0 Å². The molecule has 2 rings (SSSR count). The molecule has 3 heteroatoms. The van der Waals surface area contributed by atoms with Crippen LogP contribution in [0.4, 0.5) is 0 Å². The second-order valence-corrected chi connectivity index (χ2v) is 8.49. The predicted octanol–water partition coefficient (Wildman–Crippen LogP) is 4.47. The molecule has 2 fully saturated rings. The molecule has 116 valence electrons. The quantitative estimate of drug-likeness (QED) is 0.677. The van der Waals surface area contributed by atoms with Crippen LogP contribution in [0.3, 0.4) is 0 Å². The third-order valence-electron chi connectivity index (χ3n) is 5.45. The first-order valence-electron chi connectivity index (χ1n) is 8.26. The zero-order chi connectivity index (χ0) is 14.8. The van der Waals surface area contributed by atoms with Crippen LogP contribution in [0, 0.1) is 23.2 Å². The first-order valence-corrected chi connectivity index (χ1v) is 9.38. The van der Waals surface area contributed by atoms with E-state index in [2.05, 4.69) is 41.6 Å². The van der Waals surface area contributed by atoms with Crippen LogP contribution in [-0.2, 0) is 4.79 Å². The number of alkyl halides is 1. The Morgan fingerprint density at radius 2 is 1.60 bits per heavy atom. The number of rotatable bonds is 2. The maximum Gasteiger partial charge on any atom is 0.225 e. The van der Waals surface area contributed by atoms with Crippen LogP contribution in [0.2, 0.25) is 0 Å². The Kier molecular flexibility index (Phi) is 5.56. The Hall–Kier alpha value is -0.0500. The lowest BCUT2D eigenvalue weighted by molar-refractivity contribution is -0.138. The number of carbonyl (C=O) groups is 1. The van der Waals surface area contributed by atoms with Gasteiger partial charge in [-0.3, -0.25) is 4.79 Å². The summed E-state index contributed by atoms with van der Waals surface area (Å²) in [7, 11) is 0. The number of halogens is 1. The van der Waals surface area contributed by atoms with Crippen molar-refractivity contribution in [2.24, 2.45) is 23.2 Å². The molecule has 0 unspecified atom stereocenters. The smallest absolute Gasteiger partial charge is 0.225 e. The molecule has 0 bridgehead atoms. The predicted molar refractivity (Wildman–Crippen MR) is 88.0 cm³/mol. The van der Waals surface area contributed by atoms with Gasteiger partial charge in [0.2, 0.25) is 5.91 Å². The SMILES string of the molecule is CC(C)(C)C1CCC(C(=O)N2CCC(CBr)CC2)CC1. The number of hydrogen-bond donors (Lipinski definition) is 0. The Labute approximate surface area is 132 Å². The molecule has 2 aliphatic rings. The van der Waals surface area contributed by atoms with Gasteiger partial charge in [0, 0.05) is 24.3 Å². The van der Waals surface area contributed by atoms with E-state index in [0.717, 1.165) is 43.1 Å². The average Bonchev–Trinajstić information content (AvgIpc) is 2.46. The minimum absolute atomic E-state index is 0.314. The Balaban J connectivity index is 1.80. The minimum atomic E-state index is 0.314. The van der Waals surface area contributed by atoms with Crippen molar-refractivity contribution in [3.8, 4) is 0 Å².